The second-order valence-electron chi connectivity index (χ2n) is 4.50. The smallest absolute Gasteiger partial charge is 0.319 e. The summed E-state index contributed by atoms with van der Waals surface area (Å²) in [7, 11) is 0. The van der Waals surface area contributed by atoms with Gasteiger partial charge >= 0.3 is 12.0 Å². The summed E-state index contributed by atoms with van der Waals surface area (Å²) >= 11 is 3.35. The maximum Gasteiger partial charge on any atom is 0.319 e. The highest BCUT2D eigenvalue weighted by atomic mass is 79.9. The number of carboxylic acid groups (broad SMARTS) is 1. The number of amides is 2. The number of hydrogen-bond acceptors (Lipinski definition) is 2. The molecule has 1 aromatic carbocycles. The normalized spacial score (nSPS) is 11.7. The van der Waals surface area contributed by atoms with Crippen molar-refractivity contribution in [2.45, 2.75) is 20.3 Å². The minimum Gasteiger partial charge on any atom is -0.481 e. The highest BCUT2D eigenvalue weighted by Gasteiger charge is 2.10. The number of aliphatic carboxylic acids is 1. The second kappa shape index (κ2) is 7.13. The summed E-state index contributed by atoms with van der Waals surface area (Å²) in [5, 5.41) is 14.0. The second-order valence-corrected chi connectivity index (χ2v) is 5.41. The number of carboxylic acids is 1. The van der Waals surface area contributed by atoms with Gasteiger partial charge in [0.05, 0.1) is 0 Å². The van der Waals surface area contributed by atoms with Crippen molar-refractivity contribution in [3.8, 4) is 0 Å². The highest BCUT2D eigenvalue weighted by Crippen LogP contribution is 2.19. The number of aryl methyl sites for hydroxylation is 1. The number of carbonyl (C=O) groups excluding carboxylic acids is 1. The molecule has 3 N–H and O–H groups in total. The van der Waals surface area contributed by atoms with E-state index >= 15 is 0 Å². The van der Waals surface area contributed by atoms with Gasteiger partial charge in [-0.1, -0.05) is 22.9 Å². The van der Waals surface area contributed by atoms with E-state index in [0.29, 0.717) is 6.54 Å². The van der Waals surface area contributed by atoms with Gasteiger partial charge in [-0.3, -0.25) is 4.79 Å². The third kappa shape index (κ3) is 5.74. The first-order valence-electron chi connectivity index (χ1n) is 5.91. The Labute approximate surface area is 120 Å². The van der Waals surface area contributed by atoms with Crippen LogP contribution >= 0.6 is 15.9 Å². The molecule has 0 heterocycles. The first kappa shape index (κ1) is 15.5. The zero-order chi connectivity index (χ0) is 14.4. The molecule has 0 aliphatic carbocycles. The summed E-state index contributed by atoms with van der Waals surface area (Å²) < 4.78 is 0.950. The molecule has 0 aromatic heterocycles. The quantitative estimate of drug-likeness (QED) is 0.777. The maximum atomic E-state index is 11.7. The van der Waals surface area contributed by atoms with Crippen LogP contribution in [0, 0.1) is 12.8 Å². The molecule has 0 spiro atoms. The minimum absolute atomic E-state index is 0.0393. The molecule has 0 saturated heterocycles. The van der Waals surface area contributed by atoms with Crippen molar-refractivity contribution in [3.63, 3.8) is 0 Å². The van der Waals surface area contributed by atoms with Gasteiger partial charge in [0.15, 0.2) is 0 Å². The molecule has 19 heavy (non-hydrogen) atoms. The lowest BCUT2D eigenvalue weighted by Gasteiger charge is -2.12. The standard InChI is InChI=1S/C13H17BrN2O3/c1-8(5-12(17)18)7-15-13(19)16-11-4-3-10(14)6-9(11)2/h3-4,6,8H,5,7H2,1-2H3,(H,17,18)(H2,15,16,19). The first-order chi connectivity index (χ1) is 8.88. The van der Waals surface area contributed by atoms with Crippen LogP contribution in [0.2, 0.25) is 0 Å². The van der Waals surface area contributed by atoms with E-state index in [2.05, 4.69) is 26.6 Å². The molecule has 1 unspecified atom stereocenters. The predicted molar refractivity (Wildman–Crippen MR) is 77.3 cm³/mol. The van der Waals surface area contributed by atoms with E-state index in [1.807, 2.05) is 19.1 Å². The molecule has 1 aromatic rings. The van der Waals surface area contributed by atoms with E-state index in [-0.39, 0.29) is 18.4 Å². The molecular weight excluding hydrogens is 312 g/mol. The topological polar surface area (TPSA) is 78.4 Å². The Kier molecular flexibility index (Phi) is 5.82. The predicted octanol–water partition coefficient (Wildman–Crippen LogP) is 2.99. The molecule has 1 rings (SSSR count). The zero-order valence-corrected chi connectivity index (χ0v) is 12.5. The maximum absolute atomic E-state index is 11.7. The molecular formula is C13H17BrN2O3. The van der Waals surface area contributed by atoms with E-state index in [9.17, 15) is 9.59 Å². The zero-order valence-electron chi connectivity index (χ0n) is 10.9. The minimum atomic E-state index is -0.863. The number of halogens is 1. The first-order valence-corrected chi connectivity index (χ1v) is 6.70. The number of anilines is 1. The summed E-state index contributed by atoms with van der Waals surface area (Å²) in [6, 6.07) is 5.22. The fourth-order valence-electron chi connectivity index (χ4n) is 1.57. The lowest BCUT2D eigenvalue weighted by Crippen LogP contribution is -2.33. The fourth-order valence-corrected chi connectivity index (χ4v) is 2.05. The number of hydrogen-bond donors (Lipinski definition) is 3. The number of rotatable bonds is 5. The summed E-state index contributed by atoms with van der Waals surface area (Å²) in [6.45, 7) is 4.00. The SMILES string of the molecule is Cc1cc(Br)ccc1NC(=O)NCC(C)CC(=O)O. The number of nitrogens with one attached hydrogen (secondary N) is 2. The number of urea groups is 1. The van der Waals surface area contributed by atoms with Crippen molar-refractivity contribution in [1.82, 2.24) is 5.32 Å². The van der Waals surface area contributed by atoms with Gasteiger partial charge in [-0.15, -0.1) is 0 Å². The Balaban J connectivity index is 2.45. The van der Waals surface area contributed by atoms with Gasteiger partial charge in [-0.05, 0) is 36.6 Å². The van der Waals surface area contributed by atoms with Crippen molar-refractivity contribution in [1.29, 1.82) is 0 Å². The average molecular weight is 329 g/mol. The number of carbonyl (C=O) groups is 2. The van der Waals surface area contributed by atoms with Crippen LogP contribution in [-0.2, 0) is 4.79 Å². The molecule has 0 aliphatic rings. The van der Waals surface area contributed by atoms with Crippen molar-refractivity contribution in [2.24, 2.45) is 5.92 Å². The van der Waals surface area contributed by atoms with Crippen molar-refractivity contribution in [3.05, 3.63) is 28.2 Å². The van der Waals surface area contributed by atoms with E-state index in [1.54, 1.807) is 13.0 Å². The monoisotopic (exact) mass is 328 g/mol. The molecule has 0 bridgehead atoms. The van der Waals surface area contributed by atoms with Gasteiger partial charge in [0, 0.05) is 23.1 Å². The fraction of sp³-hybridized carbons (Fsp3) is 0.385. The lowest BCUT2D eigenvalue weighted by molar-refractivity contribution is -0.137. The molecule has 0 aliphatic heterocycles. The van der Waals surface area contributed by atoms with Gasteiger partial charge in [-0.25, -0.2) is 4.79 Å². The van der Waals surface area contributed by atoms with Gasteiger partial charge < -0.3 is 15.7 Å². The molecule has 0 saturated carbocycles. The van der Waals surface area contributed by atoms with Crippen molar-refractivity contribution in [2.75, 3.05) is 11.9 Å². The molecule has 5 nitrogen and oxygen atoms in total. The van der Waals surface area contributed by atoms with Gasteiger partial charge in [0.25, 0.3) is 0 Å². The van der Waals surface area contributed by atoms with Crippen LogP contribution < -0.4 is 10.6 Å². The molecule has 2 amide bonds. The molecule has 0 fully saturated rings. The lowest BCUT2D eigenvalue weighted by atomic mass is 10.1. The molecule has 0 radical (unpaired) electrons. The number of benzene rings is 1. The summed E-state index contributed by atoms with van der Waals surface area (Å²) in [4.78, 5) is 22.1. The van der Waals surface area contributed by atoms with Crippen molar-refractivity contribution >= 4 is 33.6 Å². The Morgan fingerprint density at radius 3 is 2.68 bits per heavy atom. The van der Waals surface area contributed by atoms with E-state index in [0.717, 1.165) is 15.7 Å². The third-order valence-electron chi connectivity index (χ3n) is 2.57. The molecule has 104 valence electrons. The Morgan fingerprint density at radius 2 is 2.11 bits per heavy atom. The van der Waals surface area contributed by atoms with Crippen LogP contribution in [0.15, 0.2) is 22.7 Å². The Morgan fingerprint density at radius 1 is 1.42 bits per heavy atom. The molecule has 1 atom stereocenters. The summed E-state index contributed by atoms with van der Waals surface area (Å²) in [5.41, 5.74) is 1.68. The van der Waals surface area contributed by atoms with Crippen LogP contribution in [0.5, 0.6) is 0 Å². The van der Waals surface area contributed by atoms with Crippen molar-refractivity contribution < 1.29 is 14.7 Å². The summed E-state index contributed by atoms with van der Waals surface area (Å²) in [6.07, 6.45) is 0.0393. The van der Waals surface area contributed by atoms with Crippen LogP contribution in [0.1, 0.15) is 18.9 Å². The Bertz CT molecular complexity index is 477. The van der Waals surface area contributed by atoms with E-state index < -0.39 is 5.97 Å². The van der Waals surface area contributed by atoms with Crippen LogP contribution in [0.3, 0.4) is 0 Å². The van der Waals surface area contributed by atoms with E-state index in [1.165, 1.54) is 0 Å². The Hall–Kier alpha value is -1.56. The van der Waals surface area contributed by atoms with Crippen LogP contribution in [0.25, 0.3) is 0 Å². The third-order valence-corrected chi connectivity index (χ3v) is 3.06. The highest BCUT2D eigenvalue weighted by molar-refractivity contribution is 9.10. The largest absolute Gasteiger partial charge is 0.481 e. The van der Waals surface area contributed by atoms with Gasteiger partial charge in [0.1, 0.15) is 0 Å². The van der Waals surface area contributed by atoms with E-state index in [4.69, 9.17) is 5.11 Å². The van der Waals surface area contributed by atoms with Crippen LogP contribution in [-0.4, -0.2) is 23.7 Å². The summed E-state index contributed by atoms with van der Waals surface area (Å²) in [5.74, 6) is -0.965. The van der Waals surface area contributed by atoms with Gasteiger partial charge in [0.2, 0.25) is 0 Å². The average Bonchev–Trinajstić information content (AvgIpc) is 2.29. The van der Waals surface area contributed by atoms with Crippen LogP contribution in [0.4, 0.5) is 10.5 Å². The van der Waals surface area contributed by atoms with Gasteiger partial charge in [-0.2, -0.15) is 0 Å². The molecule has 6 heteroatoms.